The Morgan fingerprint density at radius 3 is 2.39 bits per heavy atom. The van der Waals surface area contributed by atoms with Crippen LogP contribution in [0, 0.1) is 20.8 Å². The maximum Gasteiger partial charge on any atom is 0.300 e. The fourth-order valence-electron chi connectivity index (χ4n) is 4.18. The number of ether oxygens (including phenoxy) is 1. The number of hydrogen-bond donors (Lipinski definition) is 1. The number of aromatic nitrogens is 1. The second-order valence-electron chi connectivity index (χ2n) is 8.07. The zero-order valence-corrected chi connectivity index (χ0v) is 19.5. The number of carbonyl (C=O) groups is 2. The van der Waals surface area contributed by atoms with E-state index in [1.54, 1.807) is 36.7 Å². The molecule has 1 aliphatic heterocycles. The van der Waals surface area contributed by atoms with Gasteiger partial charge in [-0.2, -0.15) is 0 Å². The monoisotopic (exact) mass is 462 g/mol. The van der Waals surface area contributed by atoms with Gasteiger partial charge in [-0.05, 0) is 73.4 Å². The Bertz CT molecular complexity index is 1300. The molecule has 3 aromatic rings. The van der Waals surface area contributed by atoms with Gasteiger partial charge in [0, 0.05) is 18.1 Å². The lowest BCUT2D eigenvalue weighted by Crippen LogP contribution is -2.30. The van der Waals surface area contributed by atoms with E-state index in [2.05, 4.69) is 4.98 Å². The van der Waals surface area contributed by atoms with Crippen LogP contribution in [0.15, 0.2) is 60.4 Å². The Balaban J connectivity index is 2.03. The van der Waals surface area contributed by atoms with Crippen molar-refractivity contribution in [1.82, 2.24) is 4.98 Å². The number of aryl methyl sites for hydroxylation is 3. The average molecular weight is 463 g/mol. The van der Waals surface area contributed by atoms with Crippen molar-refractivity contribution in [3.63, 3.8) is 0 Å². The number of aliphatic hydroxyl groups is 1. The van der Waals surface area contributed by atoms with Crippen LogP contribution in [0.3, 0.4) is 0 Å². The number of halogens is 1. The van der Waals surface area contributed by atoms with Crippen LogP contribution in [0.5, 0.6) is 5.75 Å². The summed E-state index contributed by atoms with van der Waals surface area (Å²) in [6, 6.07) is 11.7. The van der Waals surface area contributed by atoms with Gasteiger partial charge in [-0.25, -0.2) is 0 Å². The standard InChI is InChI=1S/C26H23ClN2O4/c1-14-5-6-16(3)20(13-14)29-22(17-7-9-28-10-8-17)21(24(31)26(29)32)23(30)18-11-15(2)12-19(27)25(18)33-4/h5-13,22,30H,1-4H3/b23-21+. The molecule has 0 bridgehead atoms. The topological polar surface area (TPSA) is 79.7 Å². The Morgan fingerprint density at radius 2 is 1.73 bits per heavy atom. The van der Waals surface area contributed by atoms with E-state index in [0.29, 0.717) is 16.3 Å². The summed E-state index contributed by atoms with van der Waals surface area (Å²) in [6.07, 6.45) is 3.17. The van der Waals surface area contributed by atoms with E-state index in [1.807, 2.05) is 39.0 Å². The average Bonchev–Trinajstić information content (AvgIpc) is 3.05. The van der Waals surface area contributed by atoms with Crippen molar-refractivity contribution in [3.8, 4) is 5.75 Å². The summed E-state index contributed by atoms with van der Waals surface area (Å²) in [7, 11) is 1.43. The summed E-state index contributed by atoms with van der Waals surface area (Å²) in [5, 5.41) is 11.7. The number of benzene rings is 2. The lowest BCUT2D eigenvalue weighted by molar-refractivity contribution is -0.132. The fourth-order valence-corrected chi connectivity index (χ4v) is 4.53. The van der Waals surface area contributed by atoms with E-state index >= 15 is 0 Å². The summed E-state index contributed by atoms with van der Waals surface area (Å²) in [5.41, 5.74) is 4.01. The van der Waals surface area contributed by atoms with E-state index in [9.17, 15) is 14.7 Å². The van der Waals surface area contributed by atoms with Gasteiger partial charge in [0.2, 0.25) is 0 Å². The third-order valence-corrected chi connectivity index (χ3v) is 6.02. The lowest BCUT2D eigenvalue weighted by atomic mass is 9.94. The van der Waals surface area contributed by atoms with Gasteiger partial charge in [0.25, 0.3) is 11.7 Å². The largest absolute Gasteiger partial charge is 0.507 e. The summed E-state index contributed by atoms with van der Waals surface area (Å²) in [4.78, 5) is 32.2. The third-order valence-electron chi connectivity index (χ3n) is 5.74. The molecule has 1 atom stereocenters. The second-order valence-corrected chi connectivity index (χ2v) is 8.47. The molecule has 1 fully saturated rings. The van der Waals surface area contributed by atoms with Crippen molar-refractivity contribution in [2.75, 3.05) is 12.0 Å². The van der Waals surface area contributed by atoms with Crippen molar-refractivity contribution in [2.45, 2.75) is 26.8 Å². The van der Waals surface area contributed by atoms with Gasteiger partial charge < -0.3 is 9.84 Å². The molecule has 33 heavy (non-hydrogen) atoms. The van der Waals surface area contributed by atoms with Crippen molar-refractivity contribution >= 4 is 34.7 Å². The zero-order valence-electron chi connectivity index (χ0n) is 18.7. The highest BCUT2D eigenvalue weighted by molar-refractivity contribution is 6.52. The third kappa shape index (κ3) is 3.87. The van der Waals surface area contributed by atoms with Crippen LogP contribution >= 0.6 is 11.6 Å². The van der Waals surface area contributed by atoms with Gasteiger partial charge in [-0.15, -0.1) is 0 Å². The molecule has 2 aromatic carbocycles. The number of hydrogen-bond acceptors (Lipinski definition) is 5. The molecule has 0 spiro atoms. The number of methoxy groups -OCH3 is 1. The Morgan fingerprint density at radius 1 is 1.03 bits per heavy atom. The highest BCUT2D eigenvalue weighted by atomic mass is 35.5. The summed E-state index contributed by atoms with van der Waals surface area (Å²) in [5.74, 6) is -1.61. The van der Waals surface area contributed by atoms with Crippen LogP contribution in [-0.4, -0.2) is 28.9 Å². The minimum atomic E-state index is -0.850. The smallest absolute Gasteiger partial charge is 0.300 e. The first kappa shape index (κ1) is 22.6. The molecular formula is C26H23ClN2O4. The molecule has 1 aliphatic rings. The number of anilines is 1. The first-order valence-electron chi connectivity index (χ1n) is 10.4. The summed E-state index contributed by atoms with van der Waals surface area (Å²) >= 11 is 6.34. The number of nitrogens with zero attached hydrogens (tertiary/aromatic N) is 2. The van der Waals surface area contributed by atoms with Gasteiger partial charge >= 0.3 is 0 Å². The maximum absolute atomic E-state index is 13.4. The number of amides is 1. The van der Waals surface area contributed by atoms with E-state index < -0.39 is 17.7 Å². The molecule has 2 heterocycles. The van der Waals surface area contributed by atoms with E-state index in [0.717, 1.165) is 16.7 Å². The molecule has 1 saturated heterocycles. The van der Waals surface area contributed by atoms with Crippen molar-refractivity contribution in [1.29, 1.82) is 0 Å². The SMILES string of the molecule is COc1c(Cl)cc(C)cc1/C(O)=C1\C(=O)C(=O)N(c2cc(C)ccc2C)C1c1ccncc1. The molecule has 0 saturated carbocycles. The normalized spacial score (nSPS) is 17.5. The summed E-state index contributed by atoms with van der Waals surface area (Å²) < 4.78 is 5.42. The van der Waals surface area contributed by atoms with Gasteiger partial charge in [0.1, 0.15) is 11.5 Å². The van der Waals surface area contributed by atoms with E-state index in [-0.39, 0.29) is 22.6 Å². The molecule has 0 radical (unpaired) electrons. The predicted molar refractivity (Wildman–Crippen MR) is 128 cm³/mol. The molecule has 168 valence electrons. The quantitative estimate of drug-likeness (QED) is 0.323. The molecule has 1 N–H and O–H groups in total. The zero-order chi connectivity index (χ0) is 23.9. The highest BCUT2D eigenvalue weighted by Gasteiger charge is 2.47. The molecule has 6 nitrogen and oxygen atoms in total. The second kappa shape index (κ2) is 8.71. The minimum Gasteiger partial charge on any atom is -0.507 e. The minimum absolute atomic E-state index is 0.0351. The first-order valence-corrected chi connectivity index (χ1v) is 10.7. The van der Waals surface area contributed by atoms with Gasteiger partial charge in [0.15, 0.2) is 0 Å². The van der Waals surface area contributed by atoms with Gasteiger partial charge in [0.05, 0.1) is 29.3 Å². The van der Waals surface area contributed by atoms with Crippen LogP contribution in [0.25, 0.3) is 5.76 Å². The Labute approximate surface area is 197 Å². The summed E-state index contributed by atoms with van der Waals surface area (Å²) in [6.45, 7) is 5.61. The fraction of sp³-hybridized carbons (Fsp3) is 0.192. The number of pyridine rings is 1. The van der Waals surface area contributed by atoms with Crippen LogP contribution < -0.4 is 9.64 Å². The van der Waals surface area contributed by atoms with Crippen LogP contribution in [0.4, 0.5) is 5.69 Å². The number of ketones is 1. The van der Waals surface area contributed by atoms with Crippen molar-refractivity contribution in [2.24, 2.45) is 0 Å². The predicted octanol–water partition coefficient (Wildman–Crippen LogP) is 5.30. The molecule has 0 aliphatic carbocycles. The number of carbonyl (C=O) groups excluding carboxylic acids is 2. The van der Waals surface area contributed by atoms with Crippen LogP contribution in [0.2, 0.25) is 5.02 Å². The first-order chi connectivity index (χ1) is 15.7. The Hall–Kier alpha value is -3.64. The molecule has 7 heteroatoms. The van der Waals surface area contributed by atoms with Gasteiger partial charge in [-0.3, -0.25) is 19.5 Å². The number of aliphatic hydroxyl groups excluding tert-OH is 1. The number of Topliss-reactive ketones (excluding diaryl/α,β-unsaturated/α-hetero) is 1. The molecular weight excluding hydrogens is 440 g/mol. The van der Waals surface area contributed by atoms with Gasteiger partial charge in [-0.1, -0.05) is 23.7 Å². The Kier molecular flexibility index (Phi) is 5.95. The van der Waals surface area contributed by atoms with Crippen LogP contribution in [-0.2, 0) is 9.59 Å². The molecule has 4 rings (SSSR count). The number of rotatable bonds is 4. The molecule has 1 unspecified atom stereocenters. The van der Waals surface area contributed by atoms with Crippen LogP contribution in [0.1, 0.15) is 33.9 Å². The van der Waals surface area contributed by atoms with Crippen molar-refractivity contribution < 1.29 is 19.4 Å². The maximum atomic E-state index is 13.4. The van der Waals surface area contributed by atoms with Crippen molar-refractivity contribution in [3.05, 3.63) is 93.3 Å². The lowest BCUT2D eigenvalue weighted by Gasteiger charge is -2.27. The van der Waals surface area contributed by atoms with E-state index in [1.165, 1.54) is 12.0 Å². The highest BCUT2D eigenvalue weighted by Crippen LogP contribution is 2.45. The molecule has 1 amide bonds. The van der Waals surface area contributed by atoms with E-state index in [4.69, 9.17) is 16.3 Å². The molecule has 1 aromatic heterocycles.